The summed E-state index contributed by atoms with van der Waals surface area (Å²) in [5.74, 6) is 0.257. The molecule has 0 fully saturated rings. The second-order valence-corrected chi connectivity index (χ2v) is 8.73. The average Bonchev–Trinajstić information content (AvgIpc) is 2.85. The first-order chi connectivity index (χ1) is 16.9. The van der Waals surface area contributed by atoms with Crippen molar-refractivity contribution in [3.05, 3.63) is 54.1 Å². The third kappa shape index (κ3) is 11.6. The van der Waals surface area contributed by atoms with Crippen molar-refractivity contribution >= 4 is 0 Å². The van der Waals surface area contributed by atoms with Crippen LogP contribution in [0, 0.1) is 0 Å². The number of unbranched alkanes of at least 4 members (excludes halogenated alkanes) is 8. The summed E-state index contributed by atoms with van der Waals surface area (Å²) in [6.45, 7) is 4.86. The number of aromatic nitrogens is 2. The average molecular weight is 493 g/mol. The lowest BCUT2D eigenvalue weighted by Gasteiger charge is -2.13. The number of allylic oxidation sites excluding steroid dienone is 2. The molecule has 0 aliphatic heterocycles. The summed E-state index contributed by atoms with van der Waals surface area (Å²) in [7, 11) is 0. The Morgan fingerprint density at radius 2 is 1.40 bits per heavy atom. The van der Waals surface area contributed by atoms with Crippen LogP contribution < -0.4 is 4.74 Å². The molecule has 4 nitrogen and oxygen atoms in total. The van der Waals surface area contributed by atoms with Crippen LogP contribution in [0.4, 0.5) is 13.2 Å². The number of alkyl halides is 3. The molecular weight excluding hydrogens is 453 g/mol. The number of benzene rings is 1. The number of halogens is 3. The first-order valence-corrected chi connectivity index (χ1v) is 12.9. The highest BCUT2D eigenvalue weighted by Crippen LogP contribution is 2.27. The van der Waals surface area contributed by atoms with Gasteiger partial charge in [0.2, 0.25) is 0 Å². The molecule has 0 spiro atoms. The molecular formula is C28H39F3N2O2. The van der Waals surface area contributed by atoms with Gasteiger partial charge in [0.15, 0.2) is 17.3 Å². The van der Waals surface area contributed by atoms with E-state index in [0.717, 1.165) is 30.0 Å². The van der Waals surface area contributed by atoms with Crippen molar-refractivity contribution in [3.8, 4) is 17.1 Å². The van der Waals surface area contributed by atoms with E-state index in [-0.39, 0.29) is 13.0 Å². The van der Waals surface area contributed by atoms with E-state index in [9.17, 15) is 13.2 Å². The molecule has 0 bridgehead atoms. The molecule has 1 aromatic carbocycles. The predicted octanol–water partition coefficient (Wildman–Crippen LogP) is 8.47. The minimum atomic E-state index is -4.49. The molecule has 0 saturated carbocycles. The third-order valence-electron chi connectivity index (χ3n) is 5.66. The van der Waals surface area contributed by atoms with E-state index in [1.165, 1.54) is 44.9 Å². The van der Waals surface area contributed by atoms with Gasteiger partial charge in [0.25, 0.3) is 0 Å². The quantitative estimate of drug-likeness (QED) is 0.164. The number of ether oxygens (including phenoxy) is 2. The maximum absolute atomic E-state index is 13.1. The van der Waals surface area contributed by atoms with Crippen molar-refractivity contribution in [2.24, 2.45) is 0 Å². The van der Waals surface area contributed by atoms with Gasteiger partial charge in [0, 0.05) is 5.56 Å². The van der Waals surface area contributed by atoms with Gasteiger partial charge in [-0.05, 0) is 30.9 Å². The third-order valence-corrected chi connectivity index (χ3v) is 5.66. The molecule has 0 N–H and O–H groups in total. The van der Waals surface area contributed by atoms with Crippen LogP contribution >= 0.6 is 0 Å². The maximum atomic E-state index is 13.1. The fourth-order valence-electron chi connectivity index (χ4n) is 3.55. The molecule has 0 saturated heterocycles. The van der Waals surface area contributed by atoms with Crippen molar-refractivity contribution in [1.29, 1.82) is 0 Å². The molecule has 0 radical (unpaired) electrons. The monoisotopic (exact) mass is 492 g/mol. The molecule has 2 rings (SSSR count). The van der Waals surface area contributed by atoms with Gasteiger partial charge in [0.05, 0.1) is 25.6 Å². The van der Waals surface area contributed by atoms with Crippen LogP contribution in [0.2, 0.25) is 0 Å². The summed E-state index contributed by atoms with van der Waals surface area (Å²) >= 11 is 0. The first kappa shape index (κ1) is 28.7. The Hall–Kier alpha value is -2.57. The van der Waals surface area contributed by atoms with Crippen LogP contribution in [0.3, 0.4) is 0 Å². The minimum Gasteiger partial charge on any atom is -0.490 e. The van der Waals surface area contributed by atoms with Gasteiger partial charge in [-0.2, -0.15) is 13.2 Å². The smallest absolute Gasteiger partial charge is 0.448 e. The molecule has 0 aliphatic carbocycles. The first-order valence-electron chi connectivity index (χ1n) is 12.9. The zero-order valence-electron chi connectivity index (χ0n) is 21.1. The summed E-state index contributed by atoms with van der Waals surface area (Å²) in [6, 6.07) is 7.18. The topological polar surface area (TPSA) is 44.2 Å². The highest BCUT2D eigenvalue weighted by atomic mass is 19.4. The van der Waals surface area contributed by atoms with Gasteiger partial charge >= 0.3 is 6.18 Å². The van der Waals surface area contributed by atoms with Crippen LogP contribution in [0.25, 0.3) is 11.4 Å². The fourth-order valence-corrected chi connectivity index (χ4v) is 3.55. The van der Waals surface area contributed by atoms with E-state index < -0.39 is 11.9 Å². The van der Waals surface area contributed by atoms with Gasteiger partial charge in [-0.1, -0.05) is 89.5 Å². The van der Waals surface area contributed by atoms with Crippen molar-refractivity contribution in [2.45, 2.75) is 90.7 Å². The van der Waals surface area contributed by atoms with Crippen molar-refractivity contribution in [3.63, 3.8) is 0 Å². The number of hydrogen-bond acceptors (Lipinski definition) is 4. The minimum absolute atomic E-state index is 0.0664. The van der Waals surface area contributed by atoms with Gasteiger partial charge in [-0.15, -0.1) is 0 Å². The fraction of sp³-hybridized carbons (Fsp3) is 0.571. The predicted molar refractivity (Wildman–Crippen MR) is 134 cm³/mol. The van der Waals surface area contributed by atoms with Crippen molar-refractivity contribution in [2.75, 3.05) is 13.2 Å². The second kappa shape index (κ2) is 16.2. The lowest BCUT2D eigenvalue weighted by molar-refractivity contribution is -0.131. The van der Waals surface area contributed by atoms with Gasteiger partial charge in [-0.25, -0.2) is 9.97 Å². The number of hydrogen-bond donors (Lipinski definition) is 0. The summed E-state index contributed by atoms with van der Waals surface area (Å²) in [5.41, 5.74) is 1.54. The Balaban J connectivity index is 1.79. The van der Waals surface area contributed by atoms with Crippen molar-refractivity contribution in [1.82, 2.24) is 9.97 Å². The van der Waals surface area contributed by atoms with Gasteiger partial charge in [0.1, 0.15) is 0 Å². The Morgan fingerprint density at radius 3 is 2.00 bits per heavy atom. The Kier molecular flexibility index (Phi) is 13.2. The zero-order valence-corrected chi connectivity index (χ0v) is 21.1. The van der Waals surface area contributed by atoms with Crippen molar-refractivity contribution < 1.29 is 22.6 Å². The number of rotatable bonds is 17. The largest absolute Gasteiger partial charge is 0.490 e. The second-order valence-electron chi connectivity index (χ2n) is 8.73. The summed E-state index contributed by atoms with van der Waals surface area (Å²) in [4.78, 5) is 8.73. The lowest BCUT2D eigenvalue weighted by Crippen LogP contribution is -2.15. The maximum Gasteiger partial charge on any atom is 0.448 e. The van der Waals surface area contributed by atoms with E-state index >= 15 is 0 Å². The molecule has 7 heteroatoms. The zero-order chi connectivity index (χ0) is 25.4. The van der Waals surface area contributed by atoms with Crippen LogP contribution in [-0.4, -0.2) is 29.4 Å². The Bertz CT molecular complexity index is 850. The molecule has 0 aliphatic rings. The molecule has 194 valence electrons. The Labute approximate surface area is 208 Å². The van der Waals surface area contributed by atoms with Crippen LogP contribution in [0.1, 0.15) is 83.6 Å². The highest BCUT2D eigenvalue weighted by Gasteiger charge is 2.35. The SMILES string of the molecule is CCCCCCCCCCOc1cnc(-c2ccc(CC=C(OCCCC)C(F)(F)F)cc2)nc1. The molecule has 0 amide bonds. The molecule has 0 unspecified atom stereocenters. The molecule has 0 atom stereocenters. The van der Waals surface area contributed by atoms with Gasteiger partial charge < -0.3 is 9.47 Å². The Morgan fingerprint density at radius 1 is 0.800 bits per heavy atom. The van der Waals surface area contributed by atoms with E-state index in [0.29, 0.717) is 24.6 Å². The van der Waals surface area contributed by atoms with Crippen LogP contribution in [-0.2, 0) is 11.2 Å². The normalized spacial score (nSPS) is 12.1. The molecule has 1 aromatic heterocycles. The molecule has 1 heterocycles. The summed E-state index contributed by atoms with van der Waals surface area (Å²) in [6.07, 6.45) is 11.4. The lowest BCUT2D eigenvalue weighted by atomic mass is 10.1. The van der Waals surface area contributed by atoms with E-state index in [2.05, 4.69) is 16.9 Å². The molecule has 35 heavy (non-hydrogen) atoms. The van der Waals surface area contributed by atoms with Gasteiger partial charge in [-0.3, -0.25) is 0 Å². The van der Waals surface area contributed by atoms with E-state index in [1.807, 2.05) is 19.1 Å². The standard InChI is InChI=1S/C28H39F3N2O2/c1-3-5-7-8-9-10-11-12-20-34-25-21-32-27(33-22-25)24-16-13-23(14-17-24)15-18-26(28(29,30)31)35-19-6-4-2/h13-14,16-18,21-22H,3-12,15,19-20H2,1-2H3. The number of nitrogens with zero attached hydrogens (tertiary/aromatic N) is 2. The highest BCUT2D eigenvalue weighted by molar-refractivity contribution is 5.55. The van der Waals surface area contributed by atoms with Crippen LogP contribution in [0.5, 0.6) is 5.75 Å². The summed E-state index contributed by atoms with van der Waals surface area (Å²) in [5, 5.41) is 0. The summed E-state index contributed by atoms with van der Waals surface area (Å²) < 4.78 is 50.1. The van der Waals surface area contributed by atoms with E-state index in [1.54, 1.807) is 24.5 Å². The van der Waals surface area contributed by atoms with Crippen LogP contribution in [0.15, 0.2) is 48.5 Å². The molecule has 2 aromatic rings. The van der Waals surface area contributed by atoms with E-state index in [4.69, 9.17) is 9.47 Å².